The van der Waals surface area contributed by atoms with Gasteiger partial charge in [-0.05, 0) is 18.6 Å². The van der Waals surface area contributed by atoms with E-state index in [4.69, 9.17) is 5.73 Å². The first kappa shape index (κ1) is 12.4. The van der Waals surface area contributed by atoms with Gasteiger partial charge in [0.05, 0.1) is 0 Å². The molecule has 1 aromatic rings. The molecule has 4 nitrogen and oxygen atoms in total. The third-order valence-corrected chi connectivity index (χ3v) is 2.46. The largest absolute Gasteiger partial charge is 0.373 e. The van der Waals surface area contributed by atoms with E-state index in [0.717, 1.165) is 0 Å². The molecule has 0 aliphatic rings. The van der Waals surface area contributed by atoms with Crippen molar-refractivity contribution in [1.29, 1.82) is 0 Å². The summed E-state index contributed by atoms with van der Waals surface area (Å²) in [6.07, 6.45) is 2.07. The first-order valence-corrected chi connectivity index (χ1v) is 5.17. The fourth-order valence-corrected chi connectivity index (χ4v) is 1.57. The molecule has 1 unspecified atom stereocenters. The van der Waals surface area contributed by atoms with E-state index < -0.39 is 11.6 Å². The third-order valence-electron chi connectivity index (χ3n) is 2.46. The molecule has 1 aromatic heterocycles. The Morgan fingerprint density at radius 3 is 2.88 bits per heavy atom. The number of pyridine rings is 1. The number of halogens is 1. The highest BCUT2D eigenvalue weighted by Gasteiger charge is 2.37. The van der Waals surface area contributed by atoms with Crippen LogP contribution < -0.4 is 11.1 Å². The molecule has 1 rings (SSSR count). The molecule has 1 heterocycles. The van der Waals surface area contributed by atoms with Crippen LogP contribution in [0.4, 0.5) is 10.2 Å². The van der Waals surface area contributed by atoms with E-state index in [2.05, 4.69) is 10.3 Å². The molecule has 5 heteroatoms. The summed E-state index contributed by atoms with van der Waals surface area (Å²) in [5, 5.41) is 2.79. The zero-order valence-electron chi connectivity index (χ0n) is 9.46. The van der Waals surface area contributed by atoms with Gasteiger partial charge in [-0.1, -0.05) is 13.3 Å². The molecule has 0 aliphatic heterocycles. The molecule has 16 heavy (non-hydrogen) atoms. The second-order valence-electron chi connectivity index (χ2n) is 3.60. The lowest BCUT2D eigenvalue weighted by Gasteiger charge is -2.21. The Kier molecular flexibility index (Phi) is 3.82. The minimum Gasteiger partial charge on any atom is -0.373 e. The number of nitrogens with zero attached hydrogens (tertiary/aromatic N) is 1. The number of hydrogen-bond donors (Lipinski definition) is 2. The first-order chi connectivity index (χ1) is 7.54. The molecule has 0 bridgehead atoms. The number of alkyl halides is 1. The van der Waals surface area contributed by atoms with Crippen LogP contribution in [0.5, 0.6) is 0 Å². The number of nitrogens with two attached hydrogens (primary N) is 1. The predicted molar refractivity (Wildman–Crippen MR) is 60.7 cm³/mol. The van der Waals surface area contributed by atoms with Crippen molar-refractivity contribution in [3.63, 3.8) is 0 Å². The number of carbonyl (C=O) groups is 1. The van der Waals surface area contributed by atoms with E-state index in [1.54, 1.807) is 14.0 Å². The van der Waals surface area contributed by atoms with E-state index >= 15 is 0 Å². The molecular formula is C11H16FN3O. The Morgan fingerprint density at radius 2 is 2.38 bits per heavy atom. The van der Waals surface area contributed by atoms with Gasteiger partial charge in [0.15, 0.2) is 0 Å². The summed E-state index contributed by atoms with van der Waals surface area (Å²) in [6.45, 7) is 1.80. The van der Waals surface area contributed by atoms with Gasteiger partial charge in [-0.2, -0.15) is 0 Å². The molecule has 0 aromatic carbocycles. The van der Waals surface area contributed by atoms with Gasteiger partial charge in [0.25, 0.3) is 5.91 Å². The number of aromatic nitrogens is 1. The van der Waals surface area contributed by atoms with Gasteiger partial charge < -0.3 is 11.1 Å². The van der Waals surface area contributed by atoms with Crippen LogP contribution in [-0.4, -0.2) is 17.9 Å². The van der Waals surface area contributed by atoms with E-state index in [-0.39, 0.29) is 12.0 Å². The van der Waals surface area contributed by atoms with Crippen LogP contribution in [0, 0.1) is 0 Å². The molecule has 3 N–H and O–H groups in total. The zero-order valence-corrected chi connectivity index (χ0v) is 9.46. The zero-order chi connectivity index (χ0) is 12.2. The summed E-state index contributed by atoms with van der Waals surface area (Å²) in [5.41, 5.74) is 3.27. The van der Waals surface area contributed by atoms with Gasteiger partial charge in [0, 0.05) is 18.8 Å². The summed E-state index contributed by atoms with van der Waals surface area (Å²) in [7, 11) is 1.68. The lowest BCUT2D eigenvalue weighted by molar-refractivity contribution is -0.130. The van der Waals surface area contributed by atoms with Crippen molar-refractivity contribution in [3.05, 3.63) is 23.9 Å². The highest BCUT2D eigenvalue weighted by Crippen LogP contribution is 2.31. The quantitative estimate of drug-likeness (QED) is 0.799. The van der Waals surface area contributed by atoms with Crippen LogP contribution in [0.2, 0.25) is 0 Å². The van der Waals surface area contributed by atoms with E-state index in [0.29, 0.717) is 12.2 Å². The van der Waals surface area contributed by atoms with Crippen LogP contribution >= 0.6 is 0 Å². The SMILES string of the molecule is CCCC(F)(C(N)=O)c1ccnc(NC)c1. The van der Waals surface area contributed by atoms with Crippen molar-refractivity contribution in [2.75, 3.05) is 12.4 Å². The number of anilines is 1. The van der Waals surface area contributed by atoms with Gasteiger partial charge in [-0.25, -0.2) is 9.37 Å². The second kappa shape index (κ2) is 4.92. The number of carbonyl (C=O) groups excluding carboxylic acids is 1. The van der Waals surface area contributed by atoms with Crippen LogP contribution in [0.25, 0.3) is 0 Å². The summed E-state index contributed by atoms with van der Waals surface area (Å²) in [5.74, 6) is -0.445. The third kappa shape index (κ3) is 2.29. The Hall–Kier alpha value is -1.65. The first-order valence-electron chi connectivity index (χ1n) is 5.17. The van der Waals surface area contributed by atoms with Gasteiger partial charge >= 0.3 is 0 Å². The fourth-order valence-electron chi connectivity index (χ4n) is 1.57. The molecule has 0 radical (unpaired) electrons. The van der Waals surface area contributed by atoms with Gasteiger partial charge in [-0.3, -0.25) is 4.79 Å². The van der Waals surface area contributed by atoms with Gasteiger partial charge in [0.1, 0.15) is 5.82 Å². The van der Waals surface area contributed by atoms with E-state index in [1.165, 1.54) is 18.3 Å². The highest BCUT2D eigenvalue weighted by molar-refractivity contribution is 5.85. The number of amides is 1. The Bertz CT molecular complexity index is 383. The summed E-state index contributed by atoms with van der Waals surface area (Å²) in [6, 6.07) is 2.97. The Labute approximate surface area is 94.1 Å². The maximum Gasteiger partial charge on any atom is 0.259 e. The molecular weight excluding hydrogens is 209 g/mol. The second-order valence-corrected chi connectivity index (χ2v) is 3.60. The minimum atomic E-state index is -2.11. The molecule has 0 saturated carbocycles. The van der Waals surface area contributed by atoms with Crippen molar-refractivity contribution in [2.24, 2.45) is 5.73 Å². The number of rotatable bonds is 5. The summed E-state index contributed by atoms with van der Waals surface area (Å²) in [4.78, 5) is 15.2. The number of hydrogen-bond acceptors (Lipinski definition) is 3. The maximum atomic E-state index is 14.4. The normalized spacial score (nSPS) is 14.2. The van der Waals surface area contributed by atoms with Crippen LogP contribution in [0.3, 0.4) is 0 Å². The van der Waals surface area contributed by atoms with Gasteiger partial charge in [-0.15, -0.1) is 0 Å². The number of primary amides is 1. The molecule has 0 spiro atoms. The lowest BCUT2D eigenvalue weighted by Crippen LogP contribution is -2.37. The lowest BCUT2D eigenvalue weighted by atomic mass is 9.91. The molecule has 0 fully saturated rings. The van der Waals surface area contributed by atoms with Crippen molar-refractivity contribution in [3.8, 4) is 0 Å². The fraction of sp³-hybridized carbons (Fsp3) is 0.455. The smallest absolute Gasteiger partial charge is 0.259 e. The minimum absolute atomic E-state index is 0.0789. The van der Waals surface area contributed by atoms with E-state index in [1.807, 2.05) is 0 Å². The molecule has 88 valence electrons. The molecule has 0 aliphatic carbocycles. The van der Waals surface area contributed by atoms with Gasteiger partial charge in [0.2, 0.25) is 5.67 Å². The van der Waals surface area contributed by atoms with Crippen LogP contribution in [-0.2, 0) is 10.5 Å². The standard InChI is InChI=1S/C11H16FN3O/c1-3-5-11(12,10(13)16)8-4-6-15-9(7-8)14-2/h4,6-7H,3,5H2,1-2H3,(H2,13,16)(H,14,15). The molecule has 0 saturated heterocycles. The Morgan fingerprint density at radius 1 is 1.69 bits per heavy atom. The van der Waals surface area contributed by atoms with Crippen molar-refractivity contribution < 1.29 is 9.18 Å². The average molecular weight is 225 g/mol. The monoisotopic (exact) mass is 225 g/mol. The summed E-state index contributed by atoms with van der Waals surface area (Å²) < 4.78 is 14.4. The highest BCUT2D eigenvalue weighted by atomic mass is 19.1. The molecule has 1 atom stereocenters. The van der Waals surface area contributed by atoms with Crippen molar-refractivity contribution >= 4 is 11.7 Å². The predicted octanol–water partition coefficient (Wildman–Crippen LogP) is 1.57. The van der Waals surface area contributed by atoms with Crippen LogP contribution in [0.1, 0.15) is 25.3 Å². The van der Waals surface area contributed by atoms with E-state index in [9.17, 15) is 9.18 Å². The summed E-state index contributed by atoms with van der Waals surface area (Å²) >= 11 is 0. The number of nitrogens with one attached hydrogen (secondary N) is 1. The van der Waals surface area contributed by atoms with Crippen molar-refractivity contribution in [2.45, 2.75) is 25.4 Å². The Balaban J connectivity index is 3.15. The van der Waals surface area contributed by atoms with Crippen LogP contribution in [0.15, 0.2) is 18.3 Å². The average Bonchev–Trinajstić information content (AvgIpc) is 2.29. The maximum absolute atomic E-state index is 14.4. The van der Waals surface area contributed by atoms with Crippen molar-refractivity contribution in [1.82, 2.24) is 4.98 Å². The molecule has 1 amide bonds. The topological polar surface area (TPSA) is 68.0 Å².